The molecule has 0 amide bonds. The monoisotopic (exact) mass is 314 g/mol. The first kappa shape index (κ1) is 20.6. The number of carbonyl (C=O) groups excluding carboxylic acids is 2. The molecule has 0 bridgehead atoms. The summed E-state index contributed by atoms with van der Waals surface area (Å²) in [6, 6.07) is 0. The number of ether oxygens (including phenoxy) is 3. The standard InChI is InChI=1S/C17H30O5/c1-6-8-9-10-20-11-12-21-16(19)17(4,5)13-22-15(18)14(3)7-2/h7H,6,8-13H2,1-5H3. The number of hydrogen-bond donors (Lipinski definition) is 0. The number of rotatable bonds is 11. The molecule has 0 N–H and O–H groups in total. The van der Waals surface area contributed by atoms with Crippen molar-refractivity contribution < 1.29 is 23.8 Å². The average molecular weight is 314 g/mol. The maximum atomic E-state index is 12.0. The second-order valence-corrected chi connectivity index (χ2v) is 5.89. The summed E-state index contributed by atoms with van der Waals surface area (Å²) in [6.07, 6.45) is 4.99. The molecule has 22 heavy (non-hydrogen) atoms. The highest BCUT2D eigenvalue weighted by molar-refractivity contribution is 5.88. The van der Waals surface area contributed by atoms with Crippen LogP contribution in [0.5, 0.6) is 0 Å². The summed E-state index contributed by atoms with van der Waals surface area (Å²) < 4.78 is 15.6. The van der Waals surface area contributed by atoms with Gasteiger partial charge in [0.1, 0.15) is 13.2 Å². The van der Waals surface area contributed by atoms with E-state index in [9.17, 15) is 9.59 Å². The zero-order chi connectivity index (χ0) is 17.0. The summed E-state index contributed by atoms with van der Waals surface area (Å²) in [5.74, 6) is -0.807. The Morgan fingerprint density at radius 2 is 1.73 bits per heavy atom. The molecule has 5 heteroatoms. The van der Waals surface area contributed by atoms with E-state index in [1.54, 1.807) is 33.8 Å². The largest absolute Gasteiger partial charge is 0.463 e. The van der Waals surface area contributed by atoms with Crippen molar-refractivity contribution in [1.29, 1.82) is 0 Å². The van der Waals surface area contributed by atoms with E-state index in [1.807, 2.05) is 0 Å². The molecule has 0 aromatic rings. The zero-order valence-electron chi connectivity index (χ0n) is 14.6. The van der Waals surface area contributed by atoms with Gasteiger partial charge in [-0.05, 0) is 34.1 Å². The Labute approximate surface area is 134 Å². The van der Waals surface area contributed by atoms with Crippen molar-refractivity contribution in [2.24, 2.45) is 5.41 Å². The fourth-order valence-corrected chi connectivity index (χ4v) is 1.48. The lowest BCUT2D eigenvalue weighted by Crippen LogP contribution is -2.33. The summed E-state index contributed by atoms with van der Waals surface area (Å²) in [7, 11) is 0. The van der Waals surface area contributed by atoms with E-state index in [4.69, 9.17) is 14.2 Å². The van der Waals surface area contributed by atoms with Crippen molar-refractivity contribution in [3.05, 3.63) is 11.6 Å². The second-order valence-electron chi connectivity index (χ2n) is 5.89. The summed E-state index contributed by atoms with van der Waals surface area (Å²) in [5.41, 5.74) is -0.351. The van der Waals surface area contributed by atoms with Gasteiger partial charge in [-0.2, -0.15) is 0 Å². The minimum absolute atomic E-state index is 0.00674. The average Bonchev–Trinajstić information content (AvgIpc) is 2.50. The van der Waals surface area contributed by atoms with Gasteiger partial charge in [0.25, 0.3) is 0 Å². The van der Waals surface area contributed by atoms with E-state index in [0.29, 0.717) is 18.8 Å². The van der Waals surface area contributed by atoms with Gasteiger partial charge in [0.2, 0.25) is 0 Å². The van der Waals surface area contributed by atoms with Gasteiger partial charge in [0.15, 0.2) is 0 Å². The summed E-state index contributed by atoms with van der Waals surface area (Å²) >= 11 is 0. The van der Waals surface area contributed by atoms with E-state index in [-0.39, 0.29) is 13.2 Å². The maximum Gasteiger partial charge on any atom is 0.333 e. The maximum absolute atomic E-state index is 12.0. The normalized spacial score (nSPS) is 12.1. The third-order valence-corrected chi connectivity index (χ3v) is 3.22. The van der Waals surface area contributed by atoms with Crippen LogP contribution in [0.2, 0.25) is 0 Å². The molecule has 0 rings (SSSR count). The van der Waals surface area contributed by atoms with Crippen LogP contribution in [-0.2, 0) is 23.8 Å². The first-order valence-electron chi connectivity index (χ1n) is 7.90. The predicted molar refractivity (Wildman–Crippen MR) is 85.5 cm³/mol. The Bertz CT molecular complexity index is 371. The van der Waals surface area contributed by atoms with Gasteiger partial charge in [-0.15, -0.1) is 0 Å². The van der Waals surface area contributed by atoms with Crippen molar-refractivity contribution >= 4 is 11.9 Å². The lowest BCUT2D eigenvalue weighted by atomic mass is 9.95. The topological polar surface area (TPSA) is 61.8 Å². The lowest BCUT2D eigenvalue weighted by molar-refractivity contribution is -0.161. The van der Waals surface area contributed by atoms with Crippen LogP contribution in [0.4, 0.5) is 0 Å². The highest BCUT2D eigenvalue weighted by atomic mass is 16.6. The van der Waals surface area contributed by atoms with Crippen molar-refractivity contribution in [3.63, 3.8) is 0 Å². The molecular formula is C17H30O5. The molecule has 0 saturated heterocycles. The number of carbonyl (C=O) groups is 2. The zero-order valence-corrected chi connectivity index (χ0v) is 14.6. The Hall–Kier alpha value is -1.36. The third kappa shape index (κ3) is 8.82. The highest BCUT2D eigenvalue weighted by Gasteiger charge is 2.31. The van der Waals surface area contributed by atoms with Crippen LogP contribution in [0.25, 0.3) is 0 Å². The lowest BCUT2D eigenvalue weighted by Gasteiger charge is -2.22. The van der Waals surface area contributed by atoms with Crippen LogP contribution in [-0.4, -0.2) is 38.4 Å². The number of allylic oxidation sites excluding steroid dienone is 1. The molecule has 0 unspecified atom stereocenters. The molecule has 0 fully saturated rings. The number of esters is 2. The van der Waals surface area contributed by atoms with Crippen molar-refractivity contribution in [3.8, 4) is 0 Å². The minimum Gasteiger partial charge on any atom is -0.463 e. The molecule has 0 atom stereocenters. The van der Waals surface area contributed by atoms with Crippen LogP contribution in [0.1, 0.15) is 53.9 Å². The van der Waals surface area contributed by atoms with Gasteiger partial charge in [-0.3, -0.25) is 4.79 Å². The molecule has 0 aliphatic rings. The molecule has 0 saturated carbocycles. The van der Waals surface area contributed by atoms with Gasteiger partial charge in [0, 0.05) is 12.2 Å². The molecule has 0 heterocycles. The van der Waals surface area contributed by atoms with Crippen LogP contribution in [0.15, 0.2) is 11.6 Å². The SMILES string of the molecule is CC=C(C)C(=O)OCC(C)(C)C(=O)OCCOCCCCC. The van der Waals surface area contributed by atoms with Crippen molar-refractivity contribution in [1.82, 2.24) is 0 Å². The van der Waals surface area contributed by atoms with Gasteiger partial charge >= 0.3 is 11.9 Å². The Morgan fingerprint density at radius 3 is 2.32 bits per heavy atom. The van der Waals surface area contributed by atoms with Crippen molar-refractivity contribution in [2.45, 2.75) is 53.9 Å². The quantitative estimate of drug-likeness (QED) is 0.333. The Kier molecular flexibility index (Phi) is 10.5. The smallest absolute Gasteiger partial charge is 0.333 e. The molecule has 5 nitrogen and oxygen atoms in total. The molecule has 0 aromatic carbocycles. The molecule has 0 spiro atoms. The summed E-state index contributed by atoms with van der Waals surface area (Å²) in [4.78, 5) is 23.5. The highest BCUT2D eigenvalue weighted by Crippen LogP contribution is 2.18. The Balaban J connectivity index is 3.95. The number of unbranched alkanes of at least 4 members (excludes halogenated alkanes) is 2. The molecule has 0 radical (unpaired) electrons. The van der Waals surface area contributed by atoms with Crippen LogP contribution < -0.4 is 0 Å². The van der Waals surface area contributed by atoms with Crippen LogP contribution in [0, 0.1) is 5.41 Å². The molecule has 0 aliphatic heterocycles. The van der Waals surface area contributed by atoms with E-state index in [2.05, 4.69) is 6.92 Å². The van der Waals surface area contributed by atoms with E-state index in [0.717, 1.165) is 19.3 Å². The van der Waals surface area contributed by atoms with Gasteiger partial charge in [-0.1, -0.05) is 25.8 Å². The molecular weight excluding hydrogens is 284 g/mol. The fraction of sp³-hybridized carbons (Fsp3) is 0.765. The predicted octanol–water partition coefficient (Wildman–Crippen LogP) is 3.27. The first-order chi connectivity index (χ1) is 10.3. The molecule has 0 aromatic heterocycles. The van der Waals surface area contributed by atoms with E-state index in [1.165, 1.54) is 0 Å². The van der Waals surface area contributed by atoms with Crippen molar-refractivity contribution in [2.75, 3.05) is 26.4 Å². The van der Waals surface area contributed by atoms with Crippen LogP contribution in [0.3, 0.4) is 0 Å². The third-order valence-electron chi connectivity index (χ3n) is 3.22. The summed E-state index contributed by atoms with van der Waals surface area (Å²) in [6.45, 7) is 10.2. The number of hydrogen-bond acceptors (Lipinski definition) is 5. The second kappa shape index (κ2) is 11.2. The Morgan fingerprint density at radius 1 is 1.05 bits per heavy atom. The van der Waals surface area contributed by atoms with Gasteiger partial charge in [0.05, 0.1) is 12.0 Å². The first-order valence-corrected chi connectivity index (χ1v) is 7.90. The molecule has 0 aliphatic carbocycles. The summed E-state index contributed by atoms with van der Waals surface area (Å²) in [5, 5.41) is 0. The minimum atomic E-state index is -0.869. The van der Waals surface area contributed by atoms with Gasteiger partial charge in [-0.25, -0.2) is 4.79 Å². The van der Waals surface area contributed by atoms with E-state index < -0.39 is 17.4 Å². The van der Waals surface area contributed by atoms with Crippen LogP contribution >= 0.6 is 0 Å². The van der Waals surface area contributed by atoms with E-state index >= 15 is 0 Å². The fourth-order valence-electron chi connectivity index (χ4n) is 1.48. The molecule has 128 valence electrons. The van der Waals surface area contributed by atoms with Gasteiger partial charge < -0.3 is 14.2 Å².